The van der Waals surface area contributed by atoms with Crippen LogP contribution in [0.4, 0.5) is 5.69 Å². The molecule has 0 aliphatic carbocycles. The van der Waals surface area contributed by atoms with E-state index in [1.807, 2.05) is 43.8 Å². The van der Waals surface area contributed by atoms with Gasteiger partial charge < -0.3 is 10.2 Å². The molecule has 2 rings (SSSR count). The van der Waals surface area contributed by atoms with Gasteiger partial charge in [-0.1, -0.05) is 26.0 Å². The Hall–Kier alpha value is -1.67. The molecular weight excluding hydrogens is 282 g/mol. The second kappa shape index (κ2) is 6.40. The molecule has 1 N–H and O–H groups in total. The number of benzene rings is 1. The van der Waals surface area contributed by atoms with Crippen molar-refractivity contribution in [2.75, 3.05) is 23.7 Å². The first-order valence-corrected chi connectivity index (χ1v) is 8.14. The van der Waals surface area contributed by atoms with Crippen molar-refractivity contribution in [3.63, 3.8) is 0 Å². The number of hydrogen-bond acceptors (Lipinski definition) is 4. The molecule has 1 unspecified atom stereocenters. The van der Waals surface area contributed by atoms with Gasteiger partial charge in [0.1, 0.15) is 5.54 Å². The fourth-order valence-corrected chi connectivity index (χ4v) is 3.25. The van der Waals surface area contributed by atoms with Gasteiger partial charge in [0.05, 0.1) is 18.3 Å². The van der Waals surface area contributed by atoms with Crippen LogP contribution >= 0.6 is 11.8 Å². The summed E-state index contributed by atoms with van der Waals surface area (Å²) < 4.78 is 0. The molecule has 4 nitrogen and oxygen atoms in total. The third-order valence-corrected chi connectivity index (χ3v) is 4.99. The third-order valence-electron chi connectivity index (χ3n) is 3.95. The molecule has 1 aromatic carbocycles. The molecule has 112 valence electrons. The fourth-order valence-electron chi connectivity index (χ4n) is 2.19. The van der Waals surface area contributed by atoms with Crippen LogP contribution in [-0.2, 0) is 4.79 Å². The molecule has 0 radical (unpaired) electrons. The Bertz CT molecular complexity index is 567. The zero-order valence-electron chi connectivity index (χ0n) is 12.7. The quantitative estimate of drug-likeness (QED) is 0.929. The van der Waals surface area contributed by atoms with Crippen LogP contribution in [0.1, 0.15) is 20.8 Å². The van der Waals surface area contributed by atoms with Crippen LogP contribution in [0.2, 0.25) is 0 Å². The van der Waals surface area contributed by atoms with Crippen molar-refractivity contribution in [2.24, 2.45) is 5.92 Å². The predicted octanol–water partition coefficient (Wildman–Crippen LogP) is 2.65. The van der Waals surface area contributed by atoms with E-state index < -0.39 is 5.54 Å². The van der Waals surface area contributed by atoms with E-state index in [-0.39, 0.29) is 11.8 Å². The van der Waals surface area contributed by atoms with Crippen LogP contribution in [0.25, 0.3) is 0 Å². The first kappa shape index (κ1) is 15.7. The van der Waals surface area contributed by atoms with Crippen LogP contribution in [0.15, 0.2) is 29.2 Å². The zero-order chi connectivity index (χ0) is 15.5. The van der Waals surface area contributed by atoms with Gasteiger partial charge in [0.15, 0.2) is 0 Å². The smallest absolute Gasteiger partial charge is 0.240 e. The summed E-state index contributed by atoms with van der Waals surface area (Å²) in [7, 11) is 0. The number of nitrogens with zero attached hydrogens (tertiary/aromatic N) is 2. The minimum Gasteiger partial charge on any atom is -0.360 e. The number of nitrogens with one attached hydrogen (secondary N) is 1. The Kier molecular flexibility index (Phi) is 4.79. The van der Waals surface area contributed by atoms with Gasteiger partial charge in [-0.05, 0) is 25.0 Å². The van der Waals surface area contributed by atoms with Crippen molar-refractivity contribution < 1.29 is 4.79 Å². The monoisotopic (exact) mass is 303 g/mol. The lowest BCUT2D eigenvalue weighted by molar-refractivity contribution is -0.121. The number of thioether (sulfide) groups is 1. The number of hydrogen-bond donors (Lipinski definition) is 1. The fraction of sp³-hybridized carbons (Fsp3) is 0.500. The molecule has 0 fully saturated rings. The highest BCUT2D eigenvalue weighted by atomic mass is 32.2. The van der Waals surface area contributed by atoms with E-state index in [0.717, 1.165) is 18.0 Å². The van der Waals surface area contributed by atoms with Crippen molar-refractivity contribution in [3.8, 4) is 6.07 Å². The predicted molar refractivity (Wildman–Crippen MR) is 86.4 cm³/mol. The SMILES string of the molecule is CC(C)C(C)(C#N)NC(=O)CN1CCSc2ccccc21. The topological polar surface area (TPSA) is 56.1 Å². The molecule has 1 aliphatic heterocycles. The van der Waals surface area contributed by atoms with Gasteiger partial charge in [-0.15, -0.1) is 11.8 Å². The average molecular weight is 303 g/mol. The third kappa shape index (κ3) is 3.51. The van der Waals surface area contributed by atoms with E-state index in [1.165, 1.54) is 4.90 Å². The minimum absolute atomic E-state index is 0.0654. The summed E-state index contributed by atoms with van der Waals surface area (Å²) in [5, 5.41) is 12.2. The van der Waals surface area contributed by atoms with Crippen LogP contribution in [0.3, 0.4) is 0 Å². The van der Waals surface area contributed by atoms with Crippen LogP contribution in [0.5, 0.6) is 0 Å². The number of anilines is 1. The molecular formula is C16H21N3OS. The van der Waals surface area contributed by atoms with E-state index in [4.69, 9.17) is 0 Å². The van der Waals surface area contributed by atoms with Crippen molar-refractivity contribution in [2.45, 2.75) is 31.2 Å². The minimum atomic E-state index is -0.818. The Balaban J connectivity index is 2.07. The number of carbonyl (C=O) groups is 1. The summed E-state index contributed by atoms with van der Waals surface area (Å²) in [6, 6.07) is 10.3. The highest BCUT2D eigenvalue weighted by Crippen LogP contribution is 2.34. The van der Waals surface area contributed by atoms with Crippen LogP contribution < -0.4 is 10.2 Å². The lowest BCUT2D eigenvalue weighted by atomic mass is 9.90. The standard InChI is InChI=1S/C16H21N3OS/c1-12(2)16(3,11-17)18-15(20)10-19-8-9-21-14-7-5-4-6-13(14)19/h4-7,12H,8-10H2,1-3H3,(H,18,20). The lowest BCUT2D eigenvalue weighted by Crippen LogP contribution is -2.52. The van der Waals surface area contributed by atoms with Gasteiger partial charge >= 0.3 is 0 Å². The summed E-state index contributed by atoms with van der Waals surface area (Å²) in [6.07, 6.45) is 0. The van der Waals surface area contributed by atoms with Crippen molar-refractivity contribution >= 4 is 23.4 Å². The largest absolute Gasteiger partial charge is 0.360 e. The summed E-state index contributed by atoms with van der Waals surface area (Å²) in [5.74, 6) is 0.939. The molecule has 21 heavy (non-hydrogen) atoms. The molecule has 0 bridgehead atoms. The highest BCUT2D eigenvalue weighted by molar-refractivity contribution is 7.99. The number of fused-ring (bicyclic) bond motifs is 1. The Morgan fingerprint density at radius 3 is 2.90 bits per heavy atom. The van der Waals surface area contributed by atoms with E-state index >= 15 is 0 Å². The second-order valence-electron chi connectivity index (χ2n) is 5.75. The Labute approximate surface area is 130 Å². The van der Waals surface area contributed by atoms with Gasteiger partial charge in [-0.2, -0.15) is 5.26 Å². The molecule has 1 atom stereocenters. The molecule has 1 heterocycles. The van der Waals surface area contributed by atoms with Gasteiger partial charge in [0.2, 0.25) is 5.91 Å². The molecule has 0 spiro atoms. The zero-order valence-corrected chi connectivity index (χ0v) is 13.5. The van der Waals surface area contributed by atoms with Crippen LogP contribution in [0, 0.1) is 17.2 Å². The number of carbonyl (C=O) groups excluding carboxylic acids is 1. The molecule has 1 aromatic rings. The maximum absolute atomic E-state index is 12.3. The summed E-state index contributed by atoms with van der Waals surface area (Å²) in [5.41, 5.74) is 0.285. The molecule has 0 saturated carbocycles. The maximum atomic E-state index is 12.3. The second-order valence-corrected chi connectivity index (χ2v) is 6.89. The number of nitriles is 1. The van der Waals surface area contributed by atoms with Crippen molar-refractivity contribution in [1.29, 1.82) is 5.26 Å². The summed E-state index contributed by atoms with van der Waals surface area (Å²) in [6.45, 7) is 6.80. The molecule has 1 amide bonds. The van der Waals surface area contributed by atoms with Gasteiger partial charge in [-0.3, -0.25) is 4.79 Å². The number of rotatable bonds is 4. The molecule has 1 aliphatic rings. The average Bonchev–Trinajstić information content (AvgIpc) is 2.47. The van der Waals surface area contributed by atoms with Gasteiger partial charge in [-0.25, -0.2) is 0 Å². The molecule has 0 aromatic heterocycles. The molecule has 0 saturated heterocycles. The van der Waals surface area contributed by atoms with E-state index in [0.29, 0.717) is 6.54 Å². The number of para-hydroxylation sites is 1. The normalized spacial score (nSPS) is 16.8. The lowest BCUT2D eigenvalue weighted by Gasteiger charge is -2.32. The summed E-state index contributed by atoms with van der Waals surface area (Å²) in [4.78, 5) is 15.6. The highest BCUT2D eigenvalue weighted by Gasteiger charge is 2.31. The number of amides is 1. The summed E-state index contributed by atoms with van der Waals surface area (Å²) >= 11 is 1.82. The van der Waals surface area contributed by atoms with Gasteiger partial charge in [0, 0.05) is 17.2 Å². The van der Waals surface area contributed by atoms with Crippen LogP contribution in [-0.4, -0.2) is 30.3 Å². The van der Waals surface area contributed by atoms with E-state index in [1.54, 1.807) is 6.92 Å². The Morgan fingerprint density at radius 1 is 1.52 bits per heavy atom. The molecule has 5 heteroatoms. The first-order valence-electron chi connectivity index (χ1n) is 7.15. The van der Waals surface area contributed by atoms with E-state index in [9.17, 15) is 10.1 Å². The maximum Gasteiger partial charge on any atom is 0.240 e. The first-order chi connectivity index (χ1) is 9.96. The van der Waals surface area contributed by atoms with Crippen molar-refractivity contribution in [3.05, 3.63) is 24.3 Å². The Morgan fingerprint density at radius 2 is 2.24 bits per heavy atom. The van der Waals surface area contributed by atoms with E-state index in [2.05, 4.69) is 22.4 Å². The van der Waals surface area contributed by atoms with Crippen molar-refractivity contribution in [1.82, 2.24) is 5.32 Å². The van der Waals surface area contributed by atoms with Gasteiger partial charge in [0.25, 0.3) is 0 Å².